The summed E-state index contributed by atoms with van der Waals surface area (Å²) >= 11 is 0. The van der Waals surface area contributed by atoms with Crippen molar-refractivity contribution in [2.24, 2.45) is 0 Å². The Morgan fingerprint density at radius 1 is 1.50 bits per heavy atom. The van der Waals surface area contributed by atoms with Crippen molar-refractivity contribution in [1.29, 1.82) is 0 Å². The zero-order chi connectivity index (χ0) is 11.7. The second kappa shape index (κ2) is 4.31. The number of fused-ring (bicyclic) bond motifs is 1. The Balaban J connectivity index is 2.22. The summed E-state index contributed by atoms with van der Waals surface area (Å²) in [7, 11) is 0. The lowest BCUT2D eigenvalue weighted by molar-refractivity contribution is 0.145. The van der Waals surface area contributed by atoms with E-state index in [0.717, 1.165) is 16.9 Å². The molecule has 0 fully saturated rings. The smallest absolute Gasteiger partial charge is 0.205 e. The fourth-order valence-electron chi connectivity index (χ4n) is 1.92. The minimum Gasteiger partial charge on any atom is -0.391 e. The van der Waals surface area contributed by atoms with Gasteiger partial charge in [-0.25, -0.2) is 0 Å². The monoisotopic (exact) mass is 222 g/mol. The molecule has 3 N–H and O–H groups in total. The summed E-state index contributed by atoms with van der Waals surface area (Å²) in [6.07, 6.45) is -0.466. The summed E-state index contributed by atoms with van der Waals surface area (Å²) in [5.74, 6) is 0. The average molecular weight is 222 g/mol. The van der Waals surface area contributed by atoms with Crippen LogP contribution < -0.4 is 10.2 Å². The number of anilines is 2. The molecule has 1 aliphatic heterocycles. The molecule has 1 heterocycles. The van der Waals surface area contributed by atoms with Gasteiger partial charge in [0.1, 0.15) is 0 Å². The van der Waals surface area contributed by atoms with Crippen molar-refractivity contribution in [3.63, 3.8) is 0 Å². The van der Waals surface area contributed by atoms with Crippen LogP contribution in [0, 0.1) is 6.92 Å². The van der Waals surface area contributed by atoms with E-state index in [9.17, 15) is 10.2 Å². The maximum Gasteiger partial charge on any atom is 0.205 e. The van der Waals surface area contributed by atoms with E-state index in [1.165, 1.54) is 0 Å². The minimum atomic E-state index is -0.738. The molecule has 0 amide bonds. The normalized spacial score (nSPS) is 20.5. The first kappa shape index (κ1) is 11.2. The van der Waals surface area contributed by atoms with Crippen molar-refractivity contribution in [2.45, 2.75) is 32.7 Å². The Kier molecular flexibility index (Phi) is 3.03. The lowest BCUT2D eigenvalue weighted by Crippen LogP contribution is -2.40. The number of aliphatic hydroxyl groups is 2. The van der Waals surface area contributed by atoms with Crippen LogP contribution in [0.3, 0.4) is 0 Å². The molecule has 2 atom stereocenters. The van der Waals surface area contributed by atoms with E-state index in [0.29, 0.717) is 13.0 Å². The molecule has 0 bridgehead atoms. The molecular formula is C12H18N2O2. The SMILES string of the molecule is CCC(O)CN1c2ccc(C)cc2NC1O. The minimum absolute atomic E-state index is 0.413. The molecule has 4 nitrogen and oxygen atoms in total. The molecule has 0 saturated carbocycles. The molecule has 4 heteroatoms. The molecule has 0 aliphatic carbocycles. The van der Waals surface area contributed by atoms with E-state index < -0.39 is 12.5 Å². The first-order valence-electron chi connectivity index (χ1n) is 5.61. The summed E-state index contributed by atoms with van der Waals surface area (Å²) in [6.45, 7) is 4.38. The molecule has 0 radical (unpaired) electrons. The van der Waals surface area contributed by atoms with E-state index in [1.54, 1.807) is 4.90 Å². The lowest BCUT2D eigenvalue weighted by Gasteiger charge is -2.24. The number of aryl methyl sites for hydroxylation is 1. The predicted octanol–water partition coefficient (Wildman–Crippen LogP) is 1.27. The van der Waals surface area contributed by atoms with Crippen LogP contribution in [-0.4, -0.2) is 29.2 Å². The molecule has 1 aromatic rings. The molecular weight excluding hydrogens is 204 g/mol. The molecule has 0 aromatic heterocycles. The highest BCUT2D eigenvalue weighted by molar-refractivity contribution is 5.76. The second-order valence-corrected chi connectivity index (χ2v) is 4.25. The van der Waals surface area contributed by atoms with E-state index in [2.05, 4.69) is 5.32 Å². The van der Waals surface area contributed by atoms with Gasteiger partial charge in [-0.2, -0.15) is 0 Å². The van der Waals surface area contributed by atoms with Gasteiger partial charge in [-0.15, -0.1) is 0 Å². The number of nitrogens with zero attached hydrogens (tertiary/aromatic N) is 1. The summed E-state index contributed by atoms with van der Waals surface area (Å²) in [6, 6.07) is 5.97. The largest absolute Gasteiger partial charge is 0.391 e. The number of hydrogen-bond donors (Lipinski definition) is 3. The first-order chi connectivity index (χ1) is 7.61. The number of β-amino-alcohol motifs (C(OH)–C–C–N with tert-alkyl or cyclic N) is 1. The third kappa shape index (κ3) is 1.99. The summed E-state index contributed by atoms with van der Waals surface area (Å²) in [5.41, 5.74) is 3.03. The Labute approximate surface area is 95.5 Å². The van der Waals surface area contributed by atoms with Crippen LogP contribution in [0.25, 0.3) is 0 Å². The zero-order valence-corrected chi connectivity index (χ0v) is 9.64. The van der Waals surface area contributed by atoms with E-state index in [1.807, 2.05) is 32.0 Å². The van der Waals surface area contributed by atoms with E-state index in [4.69, 9.17) is 0 Å². The fourth-order valence-corrected chi connectivity index (χ4v) is 1.92. The van der Waals surface area contributed by atoms with Crippen LogP contribution in [0.2, 0.25) is 0 Å². The van der Waals surface area contributed by atoms with Crippen molar-refractivity contribution < 1.29 is 10.2 Å². The van der Waals surface area contributed by atoms with Gasteiger partial charge in [-0.1, -0.05) is 13.0 Å². The van der Waals surface area contributed by atoms with Crippen LogP contribution in [0.4, 0.5) is 11.4 Å². The Bertz CT molecular complexity index is 381. The lowest BCUT2D eigenvalue weighted by atomic mass is 10.2. The molecule has 1 aromatic carbocycles. The summed E-state index contributed by atoms with van der Waals surface area (Å²) in [4.78, 5) is 1.78. The van der Waals surface area contributed by atoms with Gasteiger partial charge >= 0.3 is 0 Å². The van der Waals surface area contributed by atoms with Crippen LogP contribution in [0.1, 0.15) is 18.9 Å². The van der Waals surface area contributed by atoms with Crippen molar-refractivity contribution in [3.8, 4) is 0 Å². The van der Waals surface area contributed by atoms with Crippen LogP contribution >= 0.6 is 0 Å². The number of rotatable bonds is 3. The summed E-state index contributed by atoms with van der Waals surface area (Å²) in [5, 5.41) is 22.5. The number of hydrogen-bond acceptors (Lipinski definition) is 4. The third-order valence-corrected chi connectivity index (χ3v) is 2.92. The zero-order valence-electron chi connectivity index (χ0n) is 9.64. The quantitative estimate of drug-likeness (QED) is 0.721. The number of nitrogens with one attached hydrogen (secondary N) is 1. The average Bonchev–Trinajstić information content (AvgIpc) is 2.54. The number of benzene rings is 1. The van der Waals surface area contributed by atoms with Crippen molar-refractivity contribution in [1.82, 2.24) is 0 Å². The standard InChI is InChI=1S/C12H18N2O2/c1-3-9(15)7-14-11-5-4-8(2)6-10(11)13-12(14)16/h4-6,9,12-13,15-16H,3,7H2,1-2H3. The maximum atomic E-state index is 9.85. The van der Waals surface area contributed by atoms with Gasteiger partial charge < -0.3 is 20.4 Å². The first-order valence-corrected chi connectivity index (χ1v) is 5.61. The highest BCUT2D eigenvalue weighted by atomic mass is 16.3. The fraction of sp³-hybridized carbons (Fsp3) is 0.500. The summed E-state index contributed by atoms with van der Waals surface area (Å²) < 4.78 is 0. The van der Waals surface area contributed by atoms with E-state index in [-0.39, 0.29) is 0 Å². The molecule has 0 saturated heterocycles. The van der Waals surface area contributed by atoms with Gasteiger partial charge in [0.25, 0.3) is 0 Å². The highest BCUT2D eigenvalue weighted by Crippen LogP contribution is 2.34. The Morgan fingerprint density at radius 3 is 2.94 bits per heavy atom. The van der Waals surface area contributed by atoms with Crippen molar-refractivity contribution in [3.05, 3.63) is 23.8 Å². The van der Waals surface area contributed by atoms with Gasteiger partial charge in [-0.05, 0) is 31.0 Å². The Morgan fingerprint density at radius 2 is 2.25 bits per heavy atom. The molecule has 88 valence electrons. The second-order valence-electron chi connectivity index (χ2n) is 4.25. The van der Waals surface area contributed by atoms with E-state index >= 15 is 0 Å². The highest BCUT2D eigenvalue weighted by Gasteiger charge is 2.27. The molecule has 1 aliphatic rings. The molecule has 0 spiro atoms. The number of aliphatic hydroxyl groups excluding tert-OH is 2. The van der Waals surface area contributed by atoms with Gasteiger partial charge in [-0.3, -0.25) is 0 Å². The van der Waals surface area contributed by atoms with Gasteiger partial charge in [0.15, 0.2) is 0 Å². The molecule has 2 unspecified atom stereocenters. The van der Waals surface area contributed by atoms with Gasteiger partial charge in [0.05, 0.1) is 17.5 Å². The van der Waals surface area contributed by atoms with Gasteiger partial charge in [0, 0.05) is 6.54 Å². The maximum absolute atomic E-state index is 9.85. The topological polar surface area (TPSA) is 55.7 Å². The van der Waals surface area contributed by atoms with Crippen molar-refractivity contribution >= 4 is 11.4 Å². The van der Waals surface area contributed by atoms with Crippen LogP contribution in [0.15, 0.2) is 18.2 Å². The van der Waals surface area contributed by atoms with Crippen LogP contribution in [0.5, 0.6) is 0 Å². The van der Waals surface area contributed by atoms with Crippen molar-refractivity contribution in [2.75, 3.05) is 16.8 Å². The van der Waals surface area contributed by atoms with Crippen LogP contribution in [-0.2, 0) is 0 Å². The third-order valence-electron chi connectivity index (χ3n) is 2.92. The molecule has 2 rings (SSSR count). The molecule has 16 heavy (non-hydrogen) atoms. The predicted molar refractivity (Wildman–Crippen MR) is 64.5 cm³/mol. The van der Waals surface area contributed by atoms with Gasteiger partial charge in [0.2, 0.25) is 6.35 Å². The Hall–Kier alpha value is -1.26.